The van der Waals surface area contributed by atoms with E-state index in [0.717, 1.165) is 22.6 Å². The first-order chi connectivity index (χ1) is 13.3. The van der Waals surface area contributed by atoms with Gasteiger partial charge in [0.05, 0.1) is 28.6 Å². The third kappa shape index (κ3) is 4.58. The average Bonchev–Trinajstić information content (AvgIpc) is 2.93. The zero-order valence-electron chi connectivity index (χ0n) is 16.0. The number of rotatable bonds is 6. The van der Waals surface area contributed by atoms with E-state index in [0.29, 0.717) is 12.2 Å². The van der Waals surface area contributed by atoms with Crippen LogP contribution in [0.1, 0.15) is 17.0 Å². The molecule has 7 heteroatoms. The summed E-state index contributed by atoms with van der Waals surface area (Å²) in [4.78, 5) is 14.2. The van der Waals surface area contributed by atoms with Gasteiger partial charge in [-0.3, -0.25) is 9.69 Å². The summed E-state index contributed by atoms with van der Waals surface area (Å²) >= 11 is 5.96. The number of amides is 1. The summed E-state index contributed by atoms with van der Waals surface area (Å²) < 4.78 is 15.0. The second kappa shape index (κ2) is 8.54. The number of aryl methyl sites for hydroxylation is 1. The highest BCUT2D eigenvalue weighted by atomic mass is 35.5. The van der Waals surface area contributed by atoms with Gasteiger partial charge in [0.15, 0.2) is 0 Å². The number of anilines is 1. The van der Waals surface area contributed by atoms with Gasteiger partial charge in [0.2, 0.25) is 5.91 Å². The van der Waals surface area contributed by atoms with Crippen LogP contribution < -0.4 is 5.32 Å². The number of nitrogens with one attached hydrogen (secondary N) is 1. The van der Waals surface area contributed by atoms with Crippen molar-refractivity contribution in [2.24, 2.45) is 0 Å². The molecule has 1 amide bonds. The first-order valence-electron chi connectivity index (χ1n) is 8.89. The lowest BCUT2D eigenvalue weighted by Crippen LogP contribution is -2.30. The molecule has 0 atom stereocenters. The van der Waals surface area contributed by atoms with Gasteiger partial charge in [-0.15, -0.1) is 0 Å². The molecule has 0 spiro atoms. The topological polar surface area (TPSA) is 50.2 Å². The zero-order valence-corrected chi connectivity index (χ0v) is 16.8. The zero-order chi connectivity index (χ0) is 20.3. The van der Waals surface area contributed by atoms with Gasteiger partial charge in [0.1, 0.15) is 5.82 Å². The Balaban J connectivity index is 1.67. The Bertz CT molecular complexity index is 988. The van der Waals surface area contributed by atoms with Gasteiger partial charge in [-0.1, -0.05) is 29.8 Å². The predicted molar refractivity (Wildman–Crippen MR) is 109 cm³/mol. The van der Waals surface area contributed by atoms with Gasteiger partial charge in [-0.2, -0.15) is 5.10 Å². The lowest BCUT2D eigenvalue weighted by atomic mass is 10.2. The van der Waals surface area contributed by atoms with Crippen molar-refractivity contribution in [2.75, 3.05) is 18.9 Å². The number of aromatic nitrogens is 2. The highest BCUT2D eigenvalue weighted by Crippen LogP contribution is 2.23. The maximum Gasteiger partial charge on any atom is 0.238 e. The lowest BCUT2D eigenvalue weighted by Gasteiger charge is -2.17. The highest BCUT2D eigenvalue weighted by molar-refractivity contribution is 6.33. The van der Waals surface area contributed by atoms with E-state index in [1.54, 1.807) is 0 Å². The maximum atomic E-state index is 13.1. The van der Waals surface area contributed by atoms with Crippen molar-refractivity contribution in [1.29, 1.82) is 0 Å². The highest BCUT2D eigenvalue weighted by Gasteiger charge is 2.16. The molecule has 0 aliphatic carbocycles. The van der Waals surface area contributed by atoms with E-state index >= 15 is 0 Å². The number of carbonyl (C=O) groups is 1. The summed E-state index contributed by atoms with van der Waals surface area (Å²) in [5.74, 6) is -0.664. The van der Waals surface area contributed by atoms with Crippen molar-refractivity contribution in [2.45, 2.75) is 20.4 Å². The molecule has 1 N–H and O–H groups in total. The van der Waals surface area contributed by atoms with E-state index in [1.807, 2.05) is 60.8 Å². The number of hydrogen-bond acceptors (Lipinski definition) is 3. The SMILES string of the molecule is Cc1nn(-c2ccccc2)c(C)c1CN(C)CC(=O)Nc1ccc(F)cc1Cl. The molecule has 0 radical (unpaired) electrons. The summed E-state index contributed by atoms with van der Waals surface area (Å²) in [5, 5.41) is 7.52. The summed E-state index contributed by atoms with van der Waals surface area (Å²) in [6.45, 7) is 4.74. The van der Waals surface area contributed by atoms with Gasteiger partial charge < -0.3 is 5.32 Å². The van der Waals surface area contributed by atoms with Crippen LogP contribution in [0.15, 0.2) is 48.5 Å². The molecule has 1 aromatic heterocycles. The third-order valence-corrected chi connectivity index (χ3v) is 4.80. The molecule has 0 aliphatic heterocycles. The minimum Gasteiger partial charge on any atom is -0.324 e. The van der Waals surface area contributed by atoms with Crippen molar-refractivity contribution < 1.29 is 9.18 Å². The Morgan fingerprint density at radius 3 is 2.61 bits per heavy atom. The smallest absolute Gasteiger partial charge is 0.238 e. The summed E-state index contributed by atoms with van der Waals surface area (Å²) in [5.41, 5.74) is 4.44. The van der Waals surface area contributed by atoms with Crippen LogP contribution in [0.3, 0.4) is 0 Å². The molecular formula is C21H22ClFN4O. The van der Waals surface area contributed by atoms with Gasteiger partial charge >= 0.3 is 0 Å². The van der Waals surface area contributed by atoms with Crippen molar-refractivity contribution in [3.05, 3.63) is 76.3 Å². The first kappa shape index (κ1) is 20.0. The molecule has 3 aromatic rings. The van der Waals surface area contributed by atoms with Crippen LogP contribution >= 0.6 is 11.6 Å². The minimum atomic E-state index is -0.443. The fourth-order valence-corrected chi connectivity index (χ4v) is 3.29. The molecule has 3 rings (SSSR count). The van der Waals surface area contributed by atoms with Crippen LogP contribution in [0.5, 0.6) is 0 Å². The van der Waals surface area contributed by atoms with E-state index in [4.69, 9.17) is 11.6 Å². The molecule has 2 aromatic carbocycles. The van der Waals surface area contributed by atoms with Crippen LogP contribution in [-0.4, -0.2) is 34.2 Å². The molecule has 146 valence electrons. The minimum absolute atomic E-state index is 0.170. The van der Waals surface area contributed by atoms with Gasteiger partial charge in [0.25, 0.3) is 0 Å². The van der Waals surface area contributed by atoms with Crippen LogP contribution in [-0.2, 0) is 11.3 Å². The van der Waals surface area contributed by atoms with Gasteiger partial charge in [0, 0.05) is 17.8 Å². The Morgan fingerprint density at radius 1 is 1.21 bits per heavy atom. The number of likely N-dealkylation sites (N-methyl/N-ethyl adjacent to an activating group) is 1. The summed E-state index contributed by atoms with van der Waals surface area (Å²) in [6, 6.07) is 13.8. The molecule has 0 unspecified atom stereocenters. The number of nitrogens with zero attached hydrogens (tertiary/aromatic N) is 3. The first-order valence-corrected chi connectivity index (χ1v) is 9.27. The second-order valence-corrected chi connectivity index (χ2v) is 7.15. The molecule has 0 saturated carbocycles. The third-order valence-electron chi connectivity index (χ3n) is 4.49. The molecule has 0 fully saturated rings. The Labute approximate surface area is 168 Å². The lowest BCUT2D eigenvalue weighted by molar-refractivity contribution is -0.117. The molecule has 28 heavy (non-hydrogen) atoms. The second-order valence-electron chi connectivity index (χ2n) is 6.74. The Morgan fingerprint density at radius 2 is 1.93 bits per heavy atom. The number of halogens is 2. The van der Waals surface area contributed by atoms with Crippen LogP contribution in [0, 0.1) is 19.7 Å². The van der Waals surface area contributed by atoms with Gasteiger partial charge in [-0.05, 0) is 51.2 Å². The number of hydrogen-bond donors (Lipinski definition) is 1. The van der Waals surface area contributed by atoms with Crippen LogP contribution in [0.4, 0.5) is 10.1 Å². The fourth-order valence-electron chi connectivity index (χ4n) is 3.08. The predicted octanol–water partition coefficient (Wildman–Crippen LogP) is 4.35. The number of para-hydroxylation sites is 1. The molecule has 0 saturated heterocycles. The Kier molecular flexibility index (Phi) is 6.11. The van der Waals surface area contributed by atoms with E-state index in [-0.39, 0.29) is 17.5 Å². The van der Waals surface area contributed by atoms with E-state index in [9.17, 15) is 9.18 Å². The summed E-state index contributed by atoms with van der Waals surface area (Å²) in [7, 11) is 1.87. The largest absolute Gasteiger partial charge is 0.324 e. The number of benzene rings is 2. The van der Waals surface area contributed by atoms with E-state index < -0.39 is 5.82 Å². The normalized spacial score (nSPS) is 11.1. The molecule has 5 nitrogen and oxygen atoms in total. The maximum absolute atomic E-state index is 13.1. The van der Waals surface area contributed by atoms with E-state index in [2.05, 4.69) is 10.4 Å². The van der Waals surface area contributed by atoms with Crippen molar-refractivity contribution in [3.8, 4) is 5.69 Å². The molecule has 1 heterocycles. The molecular weight excluding hydrogens is 379 g/mol. The standard InChI is InChI=1S/C21H22ClFN4O/c1-14-18(15(2)27(25-14)17-7-5-4-6-8-17)12-26(3)13-21(28)24-20-10-9-16(23)11-19(20)22/h4-11H,12-13H2,1-3H3,(H,24,28). The van der Waals surface area contributed by atoms with Crippen LogP contribution in [0.25, 0.3) is 5.69 Å². The van der Waals surface area contributed by atoms with Crippen molar-refractivity contribution in [1.82, 2.24) is 14.7 Å². The van der Waals surface area contributed by atoms with Gasteiger partial charge in [-0.25, -0.2) is 9.07 Å². The molecule has 0 aliphatic rings. The van der Waals surface area contributed by atoms with Crippen LogP contribution in [0.2, 0.25) is 5.02 Å². The molecule has 0 bridgehead atoms. The Hall–Kier alpha value is -2.70. The monoisotopic (exact) mass is 400 g/mol. The van der Waals surface area contributed by atoms with E-state index in [1.165, 1.54) is 18.2 Å². The number of carbonyl (C=O) groups excluding carboxylic acids is 1. The average molecular weight is 401 g/mol. The fraction of sp³-hybridized carbons (Fsp3) is 0.238. The quantitative estimate of drug-likeness (QED) is 0.669. The van der Waals surface area contributed by atoms with Crippen molar-refractivity contribution >= 4 is 23.2 Å². The summed E-state index contributed by atoms with van der Waals surface area (Å²) in [6.07, 6.45) is 0. The van der Waals surface area contributed by atoms with Crippen molar-refractivity contribution in [3.63, 3.8) is 0 Å².